The maximum atomic E-state index is 9.00. The van der Waals surface area contributed by atoms with Gasteiger partial charge in [-0.3, -0.25) is 4.79 Å². The number of aliphatic carboxylic acids is 1. The topological polar surface area (TPSA) is 46.5 Å². The second-order valence-electron chi connectivity index (χ2n) is 3.49. The van der Waals surface area contributed by atoms with Crippen LogP contribution in [-0.2, 0) is 9.53 Å². The molecule has 90 valence electrons. The molecule has 0 bridgehead atoms. The van der Waals surface area contributed by atoms with Crippen molar-refractivity contribution >= 4 is 5.97 Å². The van der Waals surface area contributed by atoms with Crippen molar-refractivity contribution < 1.29 is 14.6 Å². The van der Waals surface area contributed by atoms with Gasteiger partial charge in [-0.2, -0.15) is 0 Å². The molecule has 0 saturated carbocycles. The minimum atomic E-state index is -0.833. The summed E-state index contributed by atoms with van der Waals surface area (Å²) < 4.78 is 4.94. The second-order valence-corrected chi connectivity index (χ2v) is 3.49. The van der Waals surface area contributed by atoms with E-state index in [2.05, 4.69) is 19.1 Å². The maximum absolute atomic E-state index is 9.00. The van der Waals surface area contributed by atoms with E-state index in [-0.39, 0.29) is 0 Å². The molecule has 3 heteroatoms. The third-order valence-electron chi connectivity index (χ3n) is 1.77. The van der Waals surface area contributed by atoms with Crippen LogP contribution in [0.3, 0.4) is 0 Å². The highest BCUT2D eigenvalue weighted by atomic mass is 16.5. The smallest absolute Gasteiger partial charge is 0.300 e. The number of carbonyl (C=O) groups is 1. The highest BCUT2D eigenvalue weighted by Crippen LogP contribution is 1.98. The molecule has 0 atom stereocenters. The number of ether oxygens (including phenoxy) is 1. The number of carboxylic acids is 1. The summed E-state index contributed by atoms with van der Waals surface area (Å²) in [6.45, 7) is 5.17. The van der Waals surface area contributed by atoms with Crippen LogP contribution in [-0.4, -0.2) is 24.3 Å². The van der Waals surface area contributed by atoms with Gasteiger partial charge in [-0.05, 0) is 19.8 Å². The summed E-state index contributed by atoms with van der Waals surface area (Å²) in [6, 6.07) is 10.3. The number of carboxylic acid groups (broad SMARTS) is 1. The lowest BCUT2D eigenvalue weighted by Crippen LogP contribution is -1.78. The number of benzene rings is 1. The van der Waals surface area contributed by atoms with Crippen LogP contribution in [0.4, 0.5) is 0 Å². The Morgan fingerprint density at radius 2 is 1.62 bits per heavy atom. The summed E-state index contributed by atoms with van der Waals surface area (Å²) in [5.41, 5.74) is 1.32. The summed E-state index contributed by atoms with van der Waals surface area (Å²) in [4.78, 5) is 9.00. The average Bonchev–Trinajstić information content (AvgIpc) is 2.75. The summed E-state index contributed by atoms with van der Waals surface area (Å²) in [5, 5.41) is 7.42. The Balaban J connectivity index is 0.000000222. The first kappa shape index (κ1) is 14.6. The quantitative estimate of drug-likeness (QED) is 0.737. The average molecular weight is 224 g/mol. The van der Waals surface area contributed by atoms with Crippen LogP contribution in [0.25, 0.3) is 0 Å². The summed E-state index contributed by atoms with van der Waals surface area (Å²) in [7, 11) is 0. The zero-order valence-corrected chi connectivity index (χ0v) is 9.98. The van der Waals surface area contributed by atoms with Gasteiger partial charge in [-0.25, -0.2) is 0 Å². The van der Waals surface area contributed by atoms with Gasteiger partial charge in [0.1, 0.15) is 0 Å². The first-order valence-corrected chi connectivity index (χ1v) is 5.42. The molecule has 1 saturated heterocycles. The monoisotopic (exact) mass is 224 g/mol. The lowest BCUT2D eigenvalue weighted by Gasteiger charge is -1.82. The van der Waals surface area contributed by atoms with Crippen molar-refractivity contribution in [3.8, 4) is 0 Å². The predicted octanol–water partition coefficient (Wildman–Crippen LogP) is 2.88. The van der Waals surface area contributed by atoms with E-state index in [9.17, 15) is 0 Å². The van der Waals surface area contributed by atoms with E-state index in [1.807, 2.05) is 18.2 Å². The van der Waals surface area contributed by atoms with Gasteiger partial charge in [-0.1, -0.05) is 35.9 Å². The Labute approximate surface area is 97.1 Å². The van der Waals surface area contributed by atoms with Crippen molar-refractivity contribution in [3.63, 3.8) is 0 Å². The molecule has 1 aromatic rings. The van der Waals surface area contributed by atoms with Crippen LogP contribution >= 0.6 is 0 Å². The maximum Gasteiger partial charge on any atom is 0.300 e. The van der Waals surface area contributed by atoms with Gasteiger partial charge < -0.3 is 9.84 Å². The van der Waals surface area contributed by atoms with Crippen molar-refractivity contribution in [1.82, 2.24) is 0 Å². The fourth-order valence-electron chi connectivity index (χ4n) is 1.04. The number of aryl methyl sites for hydroxylation is 1. The van der Waals surface area contributed by atoms with Crippen LogP contribution < -0.4 is 0 Å². The molecule has 0 aliphatic carbocycles. The predicted molar refractivity (Wildman–Crippen MR) is 64.5 cm³/mol. The molecular formula is C13H20O3. The van der Waals surface area contributed by atoms with Gasteiger partial charge in [0.25, 0.3) is 5.97 Å². The fraction of sp³-hybridized carbons (Fsp3) is 0.462. The first-order valence-electron chi connectivity index (χ1n) is 5.42. The fourth-order valence-corrected chi connectivity index (χ4v) is 1.04. The summed E-state index contributed by atoms with van der Waals surface area (Å²) >= 11 is 0. The molecule has 0 radical (unpaired) electrons. The summed E-state index contributed by atoms with van der Waals surface area (Å²) in [5.74, 6) is -0.833. The normalized spacial score (nSPS) is 12.9. The van der Waals surface area contributed by atoms with Gasteiger partial charge in [0.05, 0.1) is 0 Å². The summed E-state index contributed by atoms with van der Waals surface area (Å²) in [6.07, 6.45) is 2.56. The Kier molecular flexibility index (Phi) is 9.32. The van der Waals surface area contributed by atoms with Crippen LogP contribution in [0.5, 0.6) is 0 Å². The number of rotatable bonds is 0. The van der Waals surface area contributed by atoms with Gasteiger partial charge in [0, 0.05) is 20.1 Å². The Bertz CT molecular complexity index is 254. The minimum Gasteiger partial charge on any atom is -0.481 e. The molecule has 0 unspecified atom stereocenters. The van der Waals surface area contributed by atoms with E-state index in [1.54, 1.807) is 0 Å². The van der Waals surface area contributed by atoms with E-state index in [1.165, 1.54) is 18.4 Å². The van der Waals surface area contributed by atoms with Crippen molar-refractivity contribution in [3.05, 3.63) is 35.9 Å². The Hall–Kier alpha value is -1.35. The molecular weight excluding hydrogens is 204 g/mol. The largest absolute Gasteiger partial charge is 0.481 e. The second kappa shape index (κ2) is 10.2. The van der Waals surface area contributed by atoms with Crippen LogP contribution in [0.1, 0.15) is 25.3 Å². The molecule has 1 aromatic carbocycles. The minimum absolute atomic E-state index is 0.833. The Morgan fingerprint density at radius 1 is 1.19 bits per heavy atom. The molecule has 3 nitrogen and oxygen atoms in total. The highest BCUT2D eigenvalue weighted by molar-refractivity contribution is 5.62. The molecule has 2 rings (SSSR count). The Morgan fingerprint density at radius 3 is 1.81 bits per heavy atom. The van der Waals surface area contributed by atoms with Crippen LogP contribution in [0.2, 0.25) is 0 Å². The molecule has 0 aromatic heterocycles. The molecule has 1 heterocycles. The zero-order valence-electron chi connectivity index (χ0n) is 9.98. The van der Waals surface area contributed by atoms with Crippen molar-refractivity contribution in [2.45, 2.75) is 26.7 Å². The lowest BCUT2D eigenvalue weighted by molar-refractivity contribution is -0.134. The van der Waals surface area contributed by atoms with Gasteiger partial charge in [-0.15, -0.1) is 0 Å². The first-order chi connectivity index (χ1) is 7.63. The molecule has 1 aliphatic rings. The zero-order chi connectivity index (χ0) is 12.2. The molecule has 0 spiro atoms. The van der Waals surface area contributed by atoms with Gasteiger partial charge in [0.2, 0.25) is 0 Å². The number of hydrogen-bond acceptors (Lipinski definition) is 2. The molecule has 0 amide bonds. The molecule has 1 N–H and O–H groups in total. The SMILES string of the molecule is C1CCOC1.CC(=O)O.Cc1ccccc1. The van der Waals surface area contributed by atoms with Gasteiger partial charge in [0.15, 0.2) is 0 Å². The van der Waals surface area contributed by atoms with Crippen LogP contribution in [0.15, 0.2) is 30.3 Å². The van der Waals surface area contributed by atoms with Gasteiger partial charge >= 0.3 is 0 Å². The molecule has 1 fully saturated rings. The van der Waals surface area contributed by atoms with E-state index in [0.717, 1.165) is 20.1 Å². The van der Waals surface area contributed by atoms with Crippen LogP contribution in [0, 0.1) is 6.92 Å². The van der Waals surface area contributed by atoms with Crippen molar-refractivity contribution in [2.75, 3.05) is 13.2 Å². The van der Waals surface area contributed by atoms with E-state index in [4.69, 9.17) is 14.6 Å². The molecule has 1 aliphatic heterocycles. The van der Waals surface area contributed by atoms with E-state index < -0.39 is 5.97 Å². The highest BCUT2D eigenvalue weighted by Gasteiger charge is 1.94. The third-order valence-corrected chi connectivity index (χ3v) is 1.77. The van der Waals surface area contributed by atoms with E-state index in [0.29, 0.717) is 0 Å². The third kappa shape index (κ3) is 12.7. The van der Waals surface area contributed by atoms with E-state index >= 15 is 0 Å². The number of hydrogen-bond donors (Lipinski definition) is 1. The lowest BCUT2D eigenvalue weighted by atomic mass is 10.2. The standard InChI is InChI=1S/C7H8.C4H8O.C2H4O2/c1-7-5-3-2-4-6-7;1-2-4-5-3-1;1-2(3)4/h2-6H,1H3;1-4H2;1H3,(H,3,4). The van der Waals surface area contributed by atoms with Crippen molar-refractivity contribution in [1.29, 1.82) is 0 Å². The molecule has 16 heavy (non-hydrogen) atoms. The van der Waals surface area contributed by atoms with Crippen molar-refractivity contribution in [2.24, 2.45) is 0 Å².